The van der Waals surface area contributed by atoms with Gasteiger partial charge in [-0.15, -0.1) is 0 Å². The van der Waals surface area contributed by atoms with Gasteiger partial charge >= 0.3 is 6.18 Å². The summed E-state index contributed by atoms with van der Waals surface area (Å²) in [6.07, 6.45) is -1.90. The van der Waals surface area contributed by atoms with E-state index in [1.54, 1.807) is 6.92 Å². The molecule has 3 rings (SSSR count). The Kier molecular flexibility index (Phi) is 7.73. The van der Waals surface area contributed by atoms with Crippen LogP contribution in [0.4, 0.5) is 13.2 Å². The zero-order valence-corrected chi connectivity index (χ0v) is 20.2. The maximum absolute atomic E-state index is 13.2. The zero-order valence-electron chi connectivity index (χ0n) is 19.5. The molecule has 1 aliphatic rings. The number of nitrogens with zero attached hydrogens (tertiary/aromatic N) is 4. The van der Waals surface area contributed by atoms with E-state index in [-0.39, 0.29) is 33.6 Å². The van der Waals surface area contributed by atoms with Gasteiger partial charge < -0.3 is 10.2 Å². The Hall–Kier alpha value is -2.13. The van der Waals surface area contributed by atoms with Crippen LogP contribution in [0.25, 0.3) is 11.4 Å². The van der Waals surface area contributed by atoms with Gasteiger partial charge in [0.05, 0.1) is 5.69 Å². The fraction of sp³-hybridized carbons (Fsp3) is 0.609. The lowest BCUT2D eigenvalue weighted by Gasteiger charge is -2.34. The number of pyridine rings is 1. The van der Waals surface area contributed by atoms with Crippen LogP contribution in [0.3, 0.4) is 0 Å². The highest BCUT2D eigenvalue weighted by Gasteiger charge is 2.34. The summed E-state index contributed by atoms with van der Waals surface area (Å²) in [6.45, 7) is 11.6. The van der Waals surface area contributed by atoms with Gasteiger partial charge in [0, 0.05) is 25.7 Å². The van der Waals surface area contributed by atoms with E-state index in [0.717, 1.165) is 45.0 Å². The summed E-state index contributed by atoms with van der Waals surface area (Å²) in [5, 5.41) is 7.38. The van der Waals surface area contributed by atoms with Crippen molar-refractivity contribution >= 4 is 17.5 Å². The van der Waals surface area contributed by atoms with Gasteiger partial charge in [0.1, 0.15) is 22.1 Å². The Bertz CT molecular complexity index is 975. The van der Waals surface area contributed by atoms with Crippen LogP contribution in [0.5, 0.6) is 0 Å². The van der Waals surface area contributed by atoms with Crippen molar-refractivity contribution in [2.45, 2.75) is 65.7 Å². The number of rotatable bonds is 6. The highest BCUT2D eigenvalue weighted by molar-refractivity contribution is 6.33. The zero-order chi connectivity index (χ0) is 24.4. The van der Waals surface area contributed by atoms with Crippen molar-refractivity contribution in [1.29, 1.82) is 0 Å². The third-order valence-corrected chi connectivity index (χ3v) is 6.18. The second-order valence-corrected chi connectivity index (χ2v) is 9.99. The van der Waals surface area contributed by atoms with Crippen molar-refractivity contribution in [3.05, 3.63) is 34.6 Å². The second-order valence-electron chi connectivity index (χ2n) is 9.64. The number of nitrogens with one attached hydrogen (secondary N) is 1. The lowest BCUT2D eigenvalue weighted by Crippen LogP contribution is -2.45. The van der Waals surface area contributed by atoms with Crippen LogP contribution in [0.15, 0.2) is 18.2 Å². The molecule has 1 fully saturated rings. The molecule has 3 heterocycles. The van der Waals surface area contributed by atoms with Crippen LogP contribution in [0.1, 0.15) is 63.0 Å². The largest absolute Gasteiger partial charge is 0.433 e. The molecular formula is C23H31ClF3N5O. The average Bonchev–Trinajstić information content (AvgIpc) is 3.08. The Labute approximate surface area is 197 Å². The van der Waals surface area contributed by atoms with Gasteiger partial charge in [0.25, 0.3) is 5.91 Å². The van der Waals surface area contributed by atoms with Crippen molar-refractivity contribution in [3.63, 3.8) is 0 Å². The molecule has 1 aliphatic heterocycles. The van der Waals surface area contributed by atoms with Crippen LogP contribution in [0, 0.1) is 5.41 Å². The number of halogens is 4. The van der Waals surface area contributed by atoms with E-state index in [1.807, 2.05) is 0 Å². The van der Waals surface area contributed by atoms with Crippen LogP contribution < -0.4 is 5.32 Å². The normalized spacial score (nSPS) is 16.2. The van der Waals surface area contributed by atoms with E-state index < -0.39 is 17.8 Å². The monoisotopic (exact) mass is 485 g/mol. The van der Waals surface area contributed by atoms with Crippen LogP contribution >= 0.6 is 11.6 Å². The predicted molar refractivity (Wildman–Crippen MR) is 122 cm³/mol. The van der Waals surface area contributed by atoms with E-state index in [2.05, 4.69) is 41.1 Å². The van der Waals surface area contributed by atoms with Crippen molar-refractivity contribution < 1.29 is 18.0 Å². The number of carbonyl (C=O) groups is 1. The smallest absolute Gasteiger partial charge is 0.349 e. The van der Waals surface area contributed by atoms with E-state index in [1.165, 1.54) is 16.8 Å². The first-order valence-electron chi connectivity index (χ1n) is 11.2. The number of alkyl halides is 3. The highest BCUT2D eigenvalue weighted by atomic mass is 35.5. The summed E-state index contributed by atoms with van der Waals surface area (Å²) >= 11 is 6.41. The number of likely N-dealkylation sites (tertiary alicyclic amines) is 1. The number of amides is 1. The number of piperidine rings is 1. The summed E-state index contributed by atoms with van der Waals surface area (Å²) in [5.74, 6) is -0.443. The quantitative estimate of drug-likeness (QED) is 0.605. The fourth-order valence-electron chi connectivity index (χ4n) is 3.81. The molecule has 0 saturated carbocycles. The summed E-state index contributed by atoms with van der Waals surface area (Å²) in [4.78, 5) is 19.3. The first-order chi connectivity index (χ1) is 15.4. The SMILES string of the molecule is CCn1nc(-c2cccc(C(F)(F)F)n2)c(C(=O)NC2CCN(CCC(C)(C)C)CC2)c1Cl. The molecule has 0 aromatic carbocycles. The fourth-order valence-corrected chi connectivity index (χ4v) is 4.14. The van der Waals surface area contributed by atoms with Gasteiger partial charge in [-0.05, 0) is 50.3 Å². The minimum absolute atomic E-state index is 0.0354. The number of carbonyl (C=O) groups excluding carboxylic acids is 1. The summed E-state index contributed by atoms with van der Waals surface area (Å²) < 4.78 is 40.9. The molecule has 1 amide bonds. The Morgan fingerprint density at radius 1 is 1.21 bits per heavy atom. The van der Waals surface area contributed by atoms with E-state index in [9.17, 15) is 18.0 Å². The number of hydrogen-bond donors (Lipinski definition) is 1. The van der Waals surface area contributed by atoms with Gasteiger partial charge in [-0.25, -0.2) is 4.98 Å². The third-order valence-electron chi connectivity index (χ3n) is 5.80. The minimum atomic E-state index is -4.60. The molecule has 10 heteroatoms. The molecule has 0 radical (unpaired) electrons. The molecule has 1 N–H and O–H groups in total. The van der Waals surface area contributed by atoms with Crippen molar-refractivity contribution in [2.75, 3.05) is 19.6 Å². The second kappa shape index (κ2) is 10.0. The standard InChI is InChI=1S/C23H31ClF3N5O/c1-5-32-20(24)18(19(30-32)16-7-6-8-17(29-16)23(25,26)27)21(33)28-15-9-12-31(13-10-15)14-11-22(2,3)4/h6-8,15H,5,9-14H2,1-4H3,(H,28,33). The Balaban J connectivity index is 1.76. The van der Waals surface area contributed by atoms with Crippen LogP contribution in [-0.4, -0.2) is 51.2 Å². The molecule has 1 saturated heterocycles. The van der Waals surface area contributed by atoms with Gasteiger partial charge in [-0.2, -0.15) is 18.3 Å². The lowest BCUT2D eigenvalue weighted by atomic mass is 9.91. The molecule has 0 unspecified atom stereocenters. The number of aryl methyl sites for hydroxylation is 1. The highest BCUT2D eigenvalue weighted by Crippen LogP contribution is 2.32. The molecule has 2 aromatic heterocycles. The van der Waals surface area contributed by atoms with E-state index >= 15 is 0 Å². The van der Waals surface area contributed by atoms with Crippen LogP contribution in [-0.2, 0) is 12.7 Å². The molecule has 0 bridgehead atoms. The van der Waals surface area contributed by atoms with Crippen molar-refractivity contribution in [3.8, 4) is 11.4 Å². The molecule has 0 atom stereocenters. The van der Waals surface area contributed by atoms with E-state index in [4.69, 9.17) is 11.6 Å². The van der Waals surface area contributed by atoms with Gasteiger partial charge in [-0.3, -0.25) is 9.48 Å². The predicted octanol–water partition coefficient (Wildman–Crippen LogP) is 5.27. The summed E-state index contributed by atoms with van der Waals surface area (Å²) in [5.41, 5.74) is -0.708. The average molecular weight is 486 g/mol. The molecule has 0 spiro atoms. The lowest BCUT2D eigenvalue weighted by molar-refractivity contribution is -0.141. The third kappa shape index (κ3) is 6.47. The maximum Gasteiger partial charge on any atom is 0.433 e. The van der Waals surface area contributed by atoms with Crippen molar-refractivity contribution in [1.82, 2.24) is 25.0 Å². The molecular weight excluding hydrogens is 455 g/mol. The van der Waals surface area contributed by atoms with Gasteiger partial charge in [-0.1, -0.05) is 38.4 Å². The molecule has 6 nitrogen and oxygen atoms in total. The molecule has 0 aliphatic carbocycles. The van der Waals surface area contributed by atoms with Crippen molar-refractivity contribution in [2.24, 2.45) is 5.41 Å². The molecule has 182 valence electrons. The van der Waals surface area contributed by atoms with Gasteiger partial charge in [0.2, 0.25) is 0 Å². The summed E-state index contributed by atoms with van der Waals surface area (Å²) in [6, 6.07) is 3.50. The number of hydrogen-bond acceptors (Lipinski definition) is 4. The van der Waals surface area contributed by atoms with Crippen LogP contribution in [0.2, 0.25) is 5.15 Å². The Morgan fingerprint density at radius 2 is 1.88 bits per heavy atom. The minimum Gasteiger partial charge on any atom is -0.349 e. The molecule has 2 aromatic rings. The molecule has 33 heavy (non-hydrogen) atoms. The Morgan fingerprint density at radius 3 is 2.45 bits per heavy atom. The van der Waals surface area contributed by atoms with Gasteiger partial charge in [0.15, 0.2) is 0 Å². The first-order valence-corrected chi connectivity index (χ1v) is 11.6. The first kappa shape index (κ1) is 25.5. The topological polar surface area (TPSA) is 63.1 Å². The summed E-state index contributed by atoms with van der Waals surface area (Å²) in [7, 11) is 0. The van der Waals surface area contributed by atoms with E-state index in [0.29, 0.717) is 6.54 Å². The maximum atomic E-state index is 13.2. The number of aromatic nitrogens is 3.